The highest BCUT2D eigenvalue weighted by molar-refractivity contribution is 5.77. The molecule has 0 aromatic rings. The predicted molar refractivity (Wildman–Crippen MR) is 115 cm³/mol. The van der Waals surface area contributed by atoms with Crippen molar-refractivity contribution in [3.05, 3.63) is 0 Å². The molecule has 9 unspecified atom stereocenters. The van der Waals surface area contributed by atoms with Crippen molar-refractivity contribution < 1.29 is 9.90 Å². The lowest BCUT2D eigenvalue weighted by Gasteiger charge is -2.63. The van der Waals surface area contributed by atoms with Gasteiger partial charge in [0.1, 0.15) is 0 Å². The summed E-state index contributed by atoms with van der Waals surface area (Å²) in [6, 6.07) is 0. The van der Waals surface area contributed by atoms with Crippen LogP contribution in [-0.2, 0) is 4.79 Å². The van der Waals surface area contributed by atoms with Gasteiger partial charge >= 0.3 is 5.97 Å². The number of rotatable bonds is 2. The summed E-state index contributed by atoms with van der Waals surface area (Å²) in [6.07, 6.45) is 18.7. The Kier molecular flexibility index (Phi) is 4.14. The molecule has 162 valence electrons. The van der Waals surface area contributed by atoms with Gasteiger partial charge in [-0.2, -0.15) is 0 Å². The van der Waals surface area contributed by atoms with Gasteiger partial charge < -0.3 is 5.11 Å². The van der Waals surface area contributed by atoms with E-state index in [1.807, 2.05) is 0 Å². The molecule has 6 aliphatic rings. The Bertz CT molecular complexity index is 695. The highest BCUT2D eigenvalue weighted by Gasteiger charge is 2.72. The molecule has 6 saturated carbocycles. The number of carboxylic acids is 1. The van der Waals surface area contributed by atoms with E-state index in [1.165, 1.54) is 77.0 Å². The first-order valence-electron chi connectivity index (χ1n) is 13.1. The normalized spacial score (nSPS) is 55.2. The topological polar surface area (TPSA) is 37.3 Å². The fraction of sp³-hybridized carbons (Fsp3) is 0.963. The number of carboxylic acid groups (broad SMARTS) is 1. The van der Waals surface area contributed by atoms with E-state index in [4.69, 9.17) is 0 Å². The van der Waals surface area contributed by atoms with Gasteiger partial charge in [-0.15, -0.1) is 0 Å². The summed E-state index contributed by atoms with van der Waals surface area (Å²) in [5, 5.41) is 10.5. The van der Waals surface area contributed by atoms with Gasteiger partial charge in [-0.1, -0.05) is 33.1 Å². The number of hydrogen-bond acceptors (Lipinski definition) is 1. The molecule has 0 amide bonds. The minimum Gasteiger partial charge on any atom is -0.481 e. The molecule has 0 aromatic heterocycles. The van der Waals surface area contributed by atoms with Gasteiger partial charge in [-0.3, -0.25) is 4.79 Å². The van der Waals surface area contributed by atoms with E-state index in [2.05, 4.69) is 13.8 Å². The molecule has 9 atom stereocenters. The maximum absolute atomic E-state index is 12.8. The van der Waals surface area contributed by atoms with Crippen molar-refractivity contribution in [2.24, 2.45) is 57.7 Å². The third kappa shape index (κ3) is 2.38. The van der Waals surface area contributed by atoms with Gasteiger partial charge in [0.25, 0.3) is 0 Å². The highest BCUT2D eigenvalue weighted by atomic mass is 16.4. The standard InChI is InChI=1S/C27H42O2/c1-25(15-16-25)23-12-14-27(24(28)29)13-11-21-20-8-7-17-5-3-4-6-18(17)19(20)9-10-22(21)26(23,27)2/h17-23H,3-16H2,1-2H3,(H,28,29). The third-order valence-corrected chi connectivity index (χ3v) is 12.4. The van der Waals surface area contributed by atoms with Crippen molar-refractivity contribution in [3.63, 3.8) is 0 Å². The van der Waals surface area contributed by atoms with Crippen LogP contribution in [-0.4, -0.2) is 11.1 Å². The molecule has 6 fully saturated rings. The minimum atomic E-state index is -0.441. The van der Waals surface area contributed by atoms with Crippen LogP contribution >= 0.6 is 0 Å². The summed E-state index contributed by atoms with van der Waals surface area (Å²) >= 11 is 0. The Morgan fingerprint density at radius 2 is 1.41 bits per heavy atom. The quantitative estimate of drug-likeness (QED) is 0.548. The maximum Gasteiger partial charge on any atom is 0.310 e. The molecule has 0 aliphatic heterocycles. The molecule has 1 N–H and O–H groups in total. The molecule has 6 rings (SSSR count). The Hall–Kier alpha value is -0.530. The molecule has 0 aromatic carbocycles. The molecule has 0 saturated heterocycles. The van der Waals surface area contributed by atoms with Crippen LogP contribution in [0.5, 0.6) is 0 Å². The smallest absolute Gasteiger partial charge is 0.310 e. The van der Waals surface area contributed by atoms with Crippen LogP contribution < -0.4 is 0 Å². The van der Waals surface area contributed by atoms with E-state index in [-0.39, 0.29) is 5.41 Å². The second-order valence-electron chi connectivity index (χ2n) is 12.9. The first-order chi connectivity index (χ1) is 13.9. The zero-order chi connectivity index (χ0) is 20.0. The van der Waals surface area contributed by atoms with Crippen LogP contribution in [0.3, 0.4) is 0 Å². The fourth-order valence-electron chi connectivity index (χ4n) is 10.9. The van der Waals surface area contributed by atoms with E-state index in [0.717, 1.165) is 42.4 Å². The molecule has 0 spiro atoms. The molecule has 0 radical (unpaired) electrons. The average molecular weight is 399 g/mol. The Morgan fingerprint density at radius 3 is 2.17 bits per heavy atom. The zero-order valence-corrected chi connectivity index (χ0v) is 18.8. The number of hydrogen-bond donors (Lipinski definition) is 1. The Morgan fingerprint density at radius 1 is 0.724 bits per heavy atom. The van der Waals surface area contributed by atoms with Crippen LogP contribution in [0.4, 0.5) is 0 Å². The van der Waals surface area contributed by atoms with Gasteiger partial charge in [0.2, 0.25) is 0 Å². The summed E-state index contributed by atoms with van der Waals surface area (Å²) in [5.41, 5.74) is 0.0758. The molecule has 2 nitrogen and oxygen atoms in total. The van der Waals surface area contributed by atoms with Crippen LogP contribution in [0, 0.1) is 57.7 Å². The van der Waals surface area contributed by atoms with Crippen LogP contribution in [0.2, 0.25) is 0 Å². The number of fused-ring (bicyclic) bond motifs is 7. The summed E-state index contributed by atoms with van der Waals surface area (Å²) in [7, 11) is 0. The molecule has 29 heavy (non-hydrogen) atoms. The van der Waals surface area contributed by atoms with Crippen molar-refractivity contribution in [3.8, 4) is 0 Å². The maximum atomic E-state index is 12.8. The summed E-state index contributed by atoms with van der Waals surface area (Å²) < 4.78 is 0. The Balaban J connectivity index is 1.36. The molecule has 0 bridgehead atoms. The van der Waals surface area contributed by atoms with Gasteiger partial charge in [0.05, 0.1) is 5.41 Å². The van der Waals surface area contributed by atoms with E-state index in [1.54, 1.807) is 0 Å². The van der Waals surface area contributed by atoms with Gasteiger partial charge in [-0.25, -0.2) is 0 Å². The molecule has 6 aliphatic carbocycles. The van der Waals surface area contributed by atoms with Gasteiger partial charge in [0.15, 0.2) is 0 Å². The lowest BCUT2D eigenvalue weighted by molar-refractivity contribution is -0.186. The van der Waals surface area contributed by atoms with E-state index >= 15 is 0 Å². The average Bonchev–Trinajstić information content (AvgIpc) is 3.37. The van der Waals surface area contributed by atoms with Crippen molar-refractivity contribution in [1.82, 2.24) is 0 Å². The predicted octanol–water partition coefficient (Wildman–Crippen LogP) is 6.93. The van der Waals surface area contributed by atoms with Crippen LogP contribution in [0.25, 0.3) is 0 Å². The lowest BCUT2D eigenvalue weighted by atomic mass is 9.41. The minimum absolute atomic E-state index is 0.0430. The summed E-state index contributed by atoms with van der Waals surface area (Å²) in [4.78, 5) is 12.8. The Labute approximate surface area is 177 Å². The number of aliphatic carboxylic acids is 1. The number of carbonyl (C=O) groups is 1. The highest BCUT2D eigenvalue weighted by Crippen LogP contribution is 2.76. The van der Waals surface area contributed by atoms with Gasteiger partial charge in [-0.05, 0) is 123 Å². The monoisotopic (exact) mass is 398 g/mol. The van der Waals surface area contributed by atoms with Crippen molar-refractivity contribution in [2.45, 2.75) is 104 Å². The summed E-state index contributed by atoms with van der Waals surface area (Å²) in [5.74, 6) is 5.67. The van der Waals surface area contributed by atoms with E-state index < -0.39 is 11.4 Å². The fourth-order valence-corrected chi connectivity index (χ4v) is 10.9. The van der Waals surface area contributed by atoms with Crippen molar-refractivity contribution in [1.29, 1.82) is 0 Å². The molecular weight excluding hydrogens is 356 g/mol. The second kappa shape index (κ2) is 6.26. The van der Waals surface area contributed by atoms with Crippen LogP contribution in [0.15, 0.2) is 0 Å². The molecule has 0 heterocycles. The van der Waals surface area contributed by atoms with E-state index in [0.29, 0.717) is 17.3 Å². The first kappa shape index (κ1) is 19.2. The lowest BCUT2D eigenvalue weighted by Crippen LogP contribution is -2.59. The van der Waals surface area contributed by atoms with E-state index in [9.17, 15) is 9.90 Å². The first-order valence-corrected chi connectivity index (χ1v) is 13.1. The second-order valence-corrected chi connectivity index (χ2v) is 12.9. The van der Waals surface area contributed by atoms with Gasteiger partial charge in [0, 0.05) is 0 Å². The third-order valence-electron chi connectivity index (χ3n) is 12.4. The largest absolute Gasteiger partial charge is 0.481 e. The molecular formula is C27H42O2. The summed E-state index contributed by atoms with van der Waals surface area (Å²) in [6.45, 7) is 4.98. The van der Waals surface area contributed by atoms with Crippen molar-refractivity contribution in [2.75, 3.05) is 0 Å². The van der Waals surface area contributed by atoms with Crippen LogP contribution in [0.1, 0.15) is 104 Å². The SMILES string of the molecule is CC1(C2CCC3(C(=O)O)CCC4C5CCC6CCCCC6C5CCC4C23C)CC1. The molecule has 2 heteroatoms. The van der Waals surface area contributed by atoms with Crippen molar-refractivity contribution >= 4 is 5.97 Å². The zero-order valence-electron chi connectivity index (χ0n) is 18.8.